The maximum atomic E-state index is 3.80. The van der Waals surface area contributed by atoms with Crippen molar-refractivity contribution in [2.45, 2.75) is 0 Å². The Morgan fingerprint density at radius 2 is 2.00 bits per heavy atom. The molecule has 0 unspecified atom stereocenters. The molecule has 1 rings (SSSR count). The van der Waals surface area contributed by atoms with Gasteiger partial charge < -0.3 is 0 Å². The molecule has 29 valence electrons. The second kappa shape index (κ2) is 1.75. The Balaban J connectivity index is 2.40. The third kappa shape index (κ3) is 0.674. The van der Waals surface area contributed by atoms with Crippen molar-refractivity contribution in [3.63, 3.8) is 0 Å². The van der Waals surface area contributed by atoms with Crippen molar-refractivity contribution in [3.8, 4) is 0 Å². The maximum Gasteiger partial charge on any atom is 0.221 e. The standard InChI is InChI=1S/C3H4BN2/c1-4-2-6-3-5-1/h1-2H,3H2. The fraction of sp³-hybridized carbons (Fsp3) is 0.333. The normalized spacial score (nSPS) is 17.3. The van der Waals surface area contributed by atoms with Gasteiger partial charge in [0.25, 0.3) is 0 Å². The minimum Gasteiger partial charge on any atom is -0.284 e. The van der Waals surface area contributed by atoms with Crippen LogP contribution in [0.1, 0.15) is 0 Å². The van der Waals surface area contributed by atoms with Gasteiger partial charge in [-0.1, -0.05) is 0 Å². The minimum atomic E-state index is 0.608. The molecule has 1 radical (unpaired) electrons. The van der Waals surface area contributed by atoms with Crippen molar-refractivity contribution in [2.75, 3.05) is 6.67 Å². The summed E-state index contributed by atoms with van der Waals surface area (Å²) in [6.07, 6.45) is 3.49. The molecule has 0 spiro atoms. The predicted molar refractivity (Wildman–Crippen MR) is 27.6 cm³/mol. The van der Waals surface area contributed by atoms with Gasteiger partial charge in [-0.2, -0.15) is 0 Å². The molecule has 0 aromatic rings. The molecule has 6 heavy (non-hydrogen) atoms. The molecule has 0 bridgehead atoms. The molecular formula is C3H4BN2. The van der Waals surface area contributed by atoms with E-state index in [0.717, 1.165) is 0 Å². The third-order valence-corrected chi connectivity index (χ3v) is 0.546. The van der Waals surface area contributed by atoms with E-state index in [2.05, 4.69) is 9.98 Å². The third-order valence-electron chi connectivity index (χ3n) is 0.546. The van der Waals surface area contributed by atoms with Crippen LogP contribution in [-0.4, -0.2) is 26.2 Å². The molecule has 0 N–H and O–H groups in total. The second-order valence-electron chi connectivity index (χ2n) is 0.997. The van der Waals surface area contributed by atoms with Crippen LogP contribution in [0.2, 0.25) is 0 Å². The van der Waals surface area contributed by atoms with Crippen molar-refractivity contribution in [1.82, 2.24) is 0 Å². The van der Waals surface area contributed by atoms with Gasteiger partial charge in [-0.3, -0.25) is 9.98 Å². The zero-order chi connectivity index (χ0) is 4.24. The van der Waals surface area contributed by atoms with E-state index in [1.807, 2.05) is 7.28 Å². The number of nitrogens with zero attached hydrogens (tertiary/aromatic N) is 2. The summed E-state index contributed by atoms with van der Waals surface area (Å²) < 4.78 is 0. The Labute approximate surface area is 37.2 Å². The molecule has 0 aliphatic carbocycles. The van der Waals surface area contributed by atoms with Gasteiger partial charge in [-0.05, 0) is 12.2 Å². The highest BCUT2D eigenvalue weighted by Gasteiger charge is 1.80. The maximum absolute atomic E-state index is 3.80. The lowest BCUT2D eigenvalue weighted by atomic mass is 9.83. The summed E-state index contributed by atoms with van der Waals surface area (Å²) in [5.41, 5.74) is 0. The van der Waals surface area contributed by atoms with Crippen molar-refractivity contribution in [1.29, 1.82) is 0 Å². The van der Waals surface area contributed by atoms with Crippen LogP contribution in [-0.2, 0) is 0 Å². The molecule has 0 saturated carbocycles. The van der Waals surface area contributed by atoms with Crippen LogP contribution in [0.25, 0.3) is 0 Å². The van der Waals surface area contributed by atoms with Gasteiger partial charge in [0.2, 0.25) is 7.28 Å². The molecule has 0 atom stereocenters. The zero-order valence-electron chi connectivity index (χ0n) is 3.33. The first-order chi connectivity index (χ1) is 3.00. The van der Waals surface area contributed by atoms with Crippen LogP contribution >= 0.6 is 0 Å². The summed E-state index contributed by atoms with van der Waals surface area (Å²) in [7, 11) is 1.81. The highest BCUT2D eigenvalue weighted by Crippen LogP contribution is 1.71. The fourth-order valence-electron chi connectivity index (χ4n) is 0.302. The van der Waals surface area contributed by atoms with E-state index >= 15 is 0 Å². The van der Waals surface area contributed by atoms with E-state index in [1.54, 1.807) is 12.2 Å². The molecule has 3 heteroatoms. The first-order valence-electron chi connectivity index (χ1n) is 1.82. The summed E-state index contributed by atoms with van der Waals surface area (Å²) in [4.78, 5) is 7.60. The van der Waals surface area contributed by atoms with E-state index in [0.29, 0.717) is 6.67 Å². The summed E-state index contributed by atoms with van der Waals surface area (Å²) in [5, 5.41) is 0. The minimum absolute atomic E-state index is 0.608. The Morgan fingerprint density at radius 1 is 1.33 bits per heavy atom. The molecule has 1 aliphatic rings. The molecule has 0 saturated heterocycles. The molecule has 0 aromatic heterocycles. The molecule has 1 aliphatic heterocycles. The quantitative estimate of drug-likeness (QED) is 0.356. The summed E-state index contributed by atoms with van der Waals surface area (Å²) in [5.74, 6) is 0. The monoisotopic (exact) mass is 79.0 g/mol. The first kappa shape index (κ1) is 3.59. The van der Waals surface area contributed by atoms with Gasteiger partial charge >= 0.3 is 0 Å². The van der Waals surface area contributed by atoms with Crippen LogP contribution in [0.4, 0.5) is 0 Å². The summed E-state index contributed by atoms with van der Waals surface area (Å²) in [6, 6.07) is 0. The lowest BCUT2D eigenvalue weighted by Crippen LogP contribution is -1.99. The summed E-state index contributed by atoms with van der Waals surface area (Å²) in [6.45, 7) is 0.608. The Hall–Kier alpha value is -0.595. The molecule has 2 nitrogen and oxygen atoms in total. The number of hydrogen-bond acceptors (Lipinski definition) is 2. The molecular weight excluding hydrogens is 74.9 g/mol. The Kier molecular flexibility index (Phi) is 1.05. The van der Waals surface area contributed by atoms with Crippen molar-refractivity contribution >= 4 is 19.5 Å². The van der Waals surface area contributed by atoms with Crippen molar-refractivity contribution in [2.24, 2.45) is 9.98 Å². The molecule has 0 aromatic carbocycles. The van der Waals surface area contributed by atoms with Crippen LogP contribution in [0.3, 0.4) is 0 Å². The van der Waals surface area contributed by atoms with Crippen LogP contribution < -0.4 is 0 Å². The molecule has 1 heterocycles. The number of aliphatic imine (C=N–C) groups is 2. The highest BCUT2D eigenvalue weighted by molar-refractivity contribution is 6.89. The fourth-order valence-corrected chi connectivity index (χ4v) is 0.302. The predicted octanol–water partition coefficient (Wildman–Crippen LogP) is -0.282. The van der Waals surface area contributed by atoms with Crippen molar-refractivity contribution < 1.29 is 0 Å². The van der Waals surface area contributed by atoms with E-state index in [1.165, 1.54) is 0 Å². The average Bonchev–Trinajstić information content (AvgIpc) is 1.72. The van der Waals surface area contributed by atoms with E-state index < -0.39 is 0 Å². The lowest BCUT2D eigenvalue weighted by molar-refractivity contribution is 1.09. The smallest absolute Gasteiger partial charge is 0.221 e. The van der Waals surface area contributed by atoms with Crippen LogP contribution in [0, 0.1) is 0 Å². The average molecular weight is 78.9 g/mol. The highest BCUT2D eigenvalue weighted by atomic mass is 14.9. The molecule has 0 fully saturated rings. The Morgan fingerprint density at radius 3 is 2.17 bits per heavy atom. The topological polar surface area (TPSA) is 24.7 Å². The lowest BCUT2D eigenvalue weighted by Gasteiger charge is -1.86. The number of hydrogen-bond donors (Lipinski definition) is 0. The van der Waals surface area contributed by atoms with Gasteiger partial charge in [0, 0.05) is 0 Å². The van der Waals surface area contributed by atoms with E-state index in [4.69, 9.17) is 0 Å². The van der Waals surface area contributed by atoms with Gasteiger partial charge in [0.1, 0.15) is 6.67 Å². The first-order valence-corrected chi connectivity index (χ1v) is 1.82. The van der Waals surface area contributed by atoms with Crippen LogP contribution in [0.15, 0.2) is 9.98 Å². The van der Waals surface area contributed by atoms with Gasteiger partial charge in [-0.25, -0.2) is 0 Å². The largest absolute Gasteiger partial charge is 0.284 e. The van der Waals surface area contributed by atoms with Crippen LogP contribution in [0.5, 0.6) is 0 Å². The van der Waals surface area contributed by atoms with E-state index in [-0.39, 0.29) is 0 Å². The van der Waals surface area contributed by atoms with E-state index in [9.17, 15) is 0 Å². The van der Waals surface area contributed by atoms with Gasteiger partial charge in [0.05, 0.1) is 0 Å². The SMILES string of the molecule is [B]1C=NCN=C1. The second-order valence-corrected chi connectivity index (χ2v) is 0.997. The zero-order valence-corrected chi connectivity index (χ0v) is 3.33. The van der Waals surface area contributed by atoms with Crippen molar-refractivity contribution in [3.05, 3.63) is 0 Å². The summed E-state index contributed by atoms with van der Waals surface area (Å²) >= 11 is 0. The molecule has 0 amide bonds. The number of rotatable bonds is 0. The van der Waals surface area contributed by atoms with Gasteiger partial charge in [0.15, 0.2) is 0 Å². The Bertz CT molecular complexity index is 66.8. The van der Waals surface area contributed by atoms with Gasteiger partial charge in [-0.15, -0.1) is 0 Å².